The van der Waals surface area contributed by atoms with E-state index >= 15 is 0 Å². The van der Waals surface area contributed by atoms with E-state index in [0.717, 1.165) is 11.4 Å². The van der Waals surface area contributed by atoms with Crippen LogP contribution in [0.4, 0.5) is 34.1 Å². The Morgan fingerprint density at radius 2 is 0.714 bits per heavy atom. The van der Waals surface area contributed by atoms with E-state index in [2.05, 4.69) is 226 Å². The SMILES string of the molecule is Cc1cccc(N(c2cccc(C(C)C)c2)c2c3ccc(C(C)(C)C)cc3c(N(c3cccc(C)c3)c3cccc(C(C)C)c3)c3ccc(C(C)(C)C)cc23)c1. The van der Waals surface area contributed by atoms with Crippen LogP contribution in [-0.4, -0.2) is 0 Å². The van der Waals surface area contributed by atoms with Gasteiger partial charge in [0.05, 0.1) is 11.4 Å². The predicted molar refractivity (Wildman–Crippen MR) is 246 cm³/mol. The van der Waals surface area contributed by atoms with Crippen LogP contribution in [0.25, 0.3) is 21.5 Å². The molecule has 286 valence electrons. The summed E-state index contributed by atoms with van der Waals surface area (Å²) in [5, 5.41) is 4.91. The molecule has 2 heteroatoms. The fourth-order valence-corrected chi connectivity index (χ4v) is 7.99. The Labute approximate surface area is 336 Å². The minimum Gasteiger partial charge on any atom is -0.309 e. The molecule has 0 saturated heterocycles. The lowest BCUT2D eigenvalue weighted by molar-refractivity contribution is 0.590. The van der Waals surface area contributed by atoms with E-state index in [-0.39, 0.29) is 10.8 Å². The first-order valence-corrected chi connectivity index (χ1v) is 20.5. The van der Waals surface area contributed by atoms with Gasteiger partial charge < -0.3 is 9.80 Å². The summed E-state index contributed by atoms with van der Waals surface area (Å²) >= 11 is 0. The fraction of sp³-hybridized carbons (Fsp3) is 0.296. The lowest BCUT2D eigenvalue weighted by Gasteiger charge is -2.34. The van der Waals surface area contributed by atoms with Crippen LogP contribution in [0, 0.1) is 13.8 Å². The summed E-state index contributed by atoms with van der Waals surface area (Å²) in [4.78, 5) is 5.07. The Kier molecular flexibility index (Phi) is 10.4. The van der Waals surface area contributed by atoms with E-state index in [1.807, 2.05) is 0 Å². The molecule has 0 saturated carbocycles. The van der Waals surface area contributed by atoms with Crippen molar-refractivity contribution in [2.24, 2.45) is 0 Å². The number of hydrogen-bond donors (Lipinski definition) is 0. The minimum atomic E-state index is -0.0514. The van der Waals surface area contributed by atoms with Crippen LogP contribution < -0.4 is 9.80 Å². The lowest BCUT2D eigenvalue weighted by atomic mass is 9.82. The number of aryl methyl sites for hydroxylation is 2. The van der Waals surface area contributed by atoms with Crippen molar-refractivity contribution >= 4 is 55.7 Å². The Bertz CT molecular complexity index is 2360. The summed E-state index contributed by atoms with van der Waals surface area (Å²) in [6.07, 6.45) is 0. The molecule has 0 aliphatic heterocycles. The highest BCUT2D eigenvalue weighted by molar-refractivity contribution is 6.23. The highest BCUT2D eigenvalue weighted by Gasteiger charge is 2.29. The second-order valence-electron chi connectivity index (χ2n) is 18.6. The zero-order valence-corrected chi connectivity index (χ0v) is 35.8. The largest absolute Gasteiger partial charge is 0.309 e. The van der Waals surface area contributed by atoms with Gasteiger partial charge in [-0.25, -0.2) is 0 Å². The summed E-state index contributed by atoms with van der Waals surface area (Å²) in [7, 11) is 0. The highest BCUT2D eigenvalue weighted by Crippen LogP contribution is 2.52. The Morgan fingerprint density at radius 1 is 0.375 bits per heavy atom. The summed E-state index contributed by atoms with van der Waals surface area (Å²) in [6.45, 7) is 27.5. The molecule has 0 aliphatic rings. The summed E-state index contributed by atoms with van der Waals surface area (Å²) in [6, 6.07) is 50.9. The van der Waals surface area contributed by atoms with Gasteiger partial charge in [0.25, 0.3) is 0 Å². The van der Waals surface area contributed by atoms with Crippen molar-refractivity contribution in [1.82, 2.24) is 0 Å². The van der Waals surface area contributed by atoms with Crippen LogP contribution in [0.15, 0.2) is 133 Å². The minimum absolute atomic E-state index is 0.0514. The van der Waals surface area contributed by atoms with Gasteiger partial charge in [0.1, 0.15) is 0 Å². The number of benzene rings is 7. The van der Waals surface area contributed by atoms with Crippen molar-refractivity contribution in [3.05, 3.63) is 167 Å². The molecule has 2 nitrogen and oxygen atoms in total. The number of anilines is 6. The number of rotatable bonds is 8. The third kappa shape index (κ3) is 7.59. The second kappa shape index (κ2) is 15.0. The van der Waals surface area contributed by atoms with Gasteiger partial charge in [0, 0.05) is 44.3 Å². The molecule has 0 aromatic heterocycles. The van der Waals surface area contributed by atoms with Crippen LogP contribution >= 0.6 is 0 Å². The molecule has 0 bridgehead atoms. The summed E-state index contributed by atoms with van der Waals surface area (Å²) in [5.41, 5.74) is 14.7. The summed E-state index contributed by atoms with van der Waals surface area (Å²) in [5.74, 6) is 0.799. The molecule has 0 N–H and O–H groups in total. The van der Waals surface area contributed by atoms with Crippen molar-refractivity contribution in [2.75, 3.05) is 9.80 Å². The molecule has 0 spiro atoms. The van der Waals surface area contributed by atoms with Gasteiger partial charge in [0.15, 0.2) is 0 Å². The van der Waals surface area contributed by atoms with E-state index < -0.39 is 0 Å². The Morgan fingerprint density at radius 3 is 1.04 bits per heavy atom. The molecule has 56 heavy (non-hydrogen) atoms. The quantitative estimate of drug-likeness (QED) is 0.113. The Hall–Kier alpha value is -5.34. The number of nitrogens with zero attached hydrogens (tertiary/aromatic N) is 2. The van der Waals surface area contributed by atoms with Crippen molar-refractivity contribution in [2.45, 2.75) is 106 Å². The van der Waals surface area contributed by atoms with E-state index in [1.165, 1.54) is 77.7 Å². The fourth-order valence-electron chi connectivity index (χ4n) is 7.99. The molecular weight excluding hydrogens is 677 g/mol. The molecular formula is C54H60N2. The third-order valence-electron chi connectivity index (χ3n) is 11.3. The standard InChI is InChI=1S/C54H60N2/c1-35(2)39-19-15-23-45(31-39)55(43-21-13-17-37(5)29-43)51-47-27-25-42(54(10,11)12)34-50(47)52(48-28-26-41(33-49(48)51)53(7,8)9)56(44-22-14-18-38(6)30-44)46-24-16-20-40(32-46)36(3)4/h13-36H,1-12H3. The zero-order valence-electron chi connectivity index (χ0n) is 35.8. The normalized spacial score (nSPS) is 12.2. The van der Waals surface area contributed by atoms with Gasteiger partial charge in [-0.1, -0.05) is 142 Å². The number of fused-ring (bicyclic) bond motifs is 2. The molecule has 7 aromatic rings. The second-order valence-corrected chi connectivity index (χ2v) is 18.6. The number of hydrogen-bond acceptors (Lipinski definition) is 2. The van der Waals surface area contributed by atoms with Gasteiger partial charge in [-0.15, -0.1) is 0 Å². The van der Waals surface area contributed by atoms with Crippen LogP contribution in [0.3, 0.4) is 0 Å². The third-order valence-corrected chi connectivity index (χ3v) is 11.3. The van der Waals surface area contributed by atoms with E-state index in [1.54, 1.807) is 0 Å². The van der Waals surface area contributed by atoms with Crippen molar-refractivity contribution < 1.29 is 0 Å². The molecule has 7 aromatic carbocycles. The van der Waals surface area contributed by atoms with Gasteiger partial charge in [-0.05, 0) is 131 Å². The molecule has 0 aliphatic carbocycles. The van der Waals surface area contributed by atoms with Gasteiger partial charge in [0.2, 0.25) is 0 Å². The van der Waals surface area contributed by atoms with E-state index in [4.69, 9.17) is 0 Å². The van der Waals surface area contributed by atoms with Crippen LogP contribution in [0.1, 0.15) is 114 Å². The van der Waals surface area contributed by atoms with Crippen LogP contribution in [0.5, 0.6) is 0 Å². The average molecular weight is 737 g/mol. The predicted octanol–water partition coefficient (Wildman–Crippen LogP) is 16.4. The first kappa shape index (κ1) is 38.9. The van der Waals surface area contributed by atoms with Gasteiger partial charge >= 0.3 is 0 Å². The molecule has 0 atom stereocenters. The van der Waals surface area contributed by atoms with Gasteiger partial charge in [-0.2, -0.15) is 0 Å². The molecule has 0 fully saturated rings. The van der Waals surface area contributed by atoms with Crippen LogP contribution in [0.2, 0.25) is 0 Å². The zero-order chi connectivity index (χ0) is 40.1. The maximum Gasteiger partial charge on any atom is 0.0620 e. The maximum absolute atomic E-state index is 2.53. The maximum atomic E-state index is 2.53. The van der Waals surface area contributed by atoms with Crippen molar-refractivity contribution in [1.29, 1.82) is 0 Å². The van der Waals surface area contributed by atoms with Crippen molar-refractivity contribution in [3.63, 3.8) is 0 Å². The monoisotopic (exact) mass is 736 g/mol. The topological polar surface area (TPSA) is 6.48 Å². The molecule has 0 radical (unpaired) electrons. The first-order chi connectivity index (χ1) is 26.5. The van der Waals surface area contributed by atoms with Gasteiger partial charge in [-0.3, -0.25) is 0 Å². The summed E-state index contributed by atoms with van der Waals surface area (Å²) < 4.78 is 0. The first-order valence-electron chi connectivity index (χ1n) is 20.5. The average Bonchev–Trinajstić information content (AvgIpc) is 3.15. The molecule has 0 heterocycles. The molecule has 0 amide bonds. The lowest BCUT2D eigenvalue weighted by Crippen LogP contribution is -2.17. The van der Waals surface area contributed by atoms with Crippen LogP contribution in [-0.2, 0) is 10.8 Å². The molecule has 7 rings (SSSR count). The van der Waals surface area contributed by atoms with Crippen molar-refractivity contribution in [3.8, 4) is 0 Å². The van der Waals surface area contributed by atoms with E-state index in [9.17, 15) is 0 Å². The van der Waals surface area contributed by atoms with E-state index in [0.29, 0.717) is 11.8 Å². The Balaban J connectivity index is 1.73. The highest BCUT2D eigenvalue weighted by atomic mass is 15.2. The smallest absolute Gasteiger partial charge is 0.0620 e. The molecule has 0 unspecified atom stereocenters.